The van der Waals surface area contributed by atoms with E-state index in [4.69, 9.17) is 5.11 Å². The number of H-pyrrole nitrogens is 1. The van der Waals surface area contributed by atoms with Gasteiger partial charge in [-0.25, -0.2) is 9.78 Å². The number of nitrogens with one attached hydrogen (secondary N) is 2. The maximum absolute atomic E-state index is 12.0. The van der Waals surface area contributed by atoms with E-state index in [0.29, 0.717) is 6.42 Å². The zero-order valence-corrected chi connectivity index (χ0v) is 12.0. The van der Waals surface area contributed by atoms with E-state index in [9.17, 15) is 9.59 Å². The van der Waals surface area contributed by atoms with Gasteiger partial charge in [0.15, 0.2) is 11.4 Å². The molecule has 0 fully saturated rings. The van der Waals surface area contributed by atoms with Crippen LogP contribution in [0.25, 0.3) is 0 Å². The van der Waals surface area contributed by atoms with Gasteiger partial charge in [-0.2, -0.15) is 0 Å². The molecular formula is C13H15N3O3S. The number of carboxylic acids is 1. The van der Waals surface area contributed by atoms with Crippen LogP contribution in [0.5, 0.6) is 0 Å². The Labute approximate surface area is 119 Å². The predicted molar refractivity (Wildman–Crippen MR) is 75.2 cm³/mol. The molecule has 2 heterocycles. The van der Waals surface area contributed by atoms with Crippen molar-refractivity contribution in [3.8, 4) is 0 Å². The number of aromatic carboxylic acids is 1. The van der Waals surface area contributed by atoms with Gasteiger partial charge in [0.05, 0.1) is 6.33 Å². The average molecular weight is 293 g/mol. The third-order valence-corrected chi connectivity index (χ3v) is 3.77. The van der Waals surface area contributed by atoms with Gasteiger partial charge in [-0.05, 0) is 26.0 Å². The number of nitrogens with zero attached hydrogens (tertiary/aromatic N) is 1. The van der Waals surface area contributed by atoms with Crippen molar-refractivity contribution in [3.05, 3.63) is 39.6 Å². The Morgan fingerprint density at radius 1 is 1.50 bits per heavy atom. The summed E-state index contributed by atoms with van der Waals surface area (Å²) in [4.78, 5) is 31.5. The fraction of sp³-hybridized carbons (Fsp3) is 0.308. The summed E-state index contributed by atoms with van der Waals surface area (Å²) in [6, 6.07) is 3.96. The molecule has 2 aromatic rings. The van der Waals surface area contributed by atoms with Gasteiger partial charge in [0.25, 0.3) is 5.91 Å². The zero-order chi connectivity index (χ0) is 14.7. The van der Waals surface area contributed by atoms with Crippen LogP contribution in [0, 0.1) is 6.92 Å². The highest BCUT2D eigenvalue weighted by molar-refractivity contribution is 7.11. The molecule has 0 bridgehead atoms. The Morgan fingerprint density at radius 2 is 2.25 bits per heavy atom. The summed E-state index contributed by atoms with van der Waals surface area (Å²) in [5.74, 6) is -1.68. The van der Waals surface area contributed by atoms with Crippen molar-refractivity contribution in [2.75, 3.05) is 0 Å². The lowest BCUT2D eigenvalue weighted by Gasteiger charge is -2.12. The van der Waals surface area contributed by atoms with Crippen LogP contribution in [0.1, 0.15) is 37.7 Å². The molecular weight excluding hydrogens is 278 g/mol. The lowest BCUT2D eigenvalue weighted by molar-refractivity contribution is 0.0684. The second-order valence-corrected chi connectivity index (χ2v) is 5.89. The molecule has 0 aliphatic carbocycles. The quantitative estimate of drug-likeness (QED) is 0.784. The molecule has 2 rings (SSSR count). The lowest BCUT2D eigenvalue weighted by Crippen LogP contribution is -2.35. The first kappa shape index (κ1) is 14.3. The van der Waals surface area contributed by atoms with E-state index in [2.05, 4.69) is 15.3 Å². The monoisotopic (exact) mass is 293 g/mol. The summed E-state index contributed by atoms with van der Waals surface area (Å²) in [6.45, 7) is 3.90. The van der Waals surface area contributed by atoms with Crippen molar-refractivity contribution in [1.82, 2.24) is 15.3 Å². The number of hydrogen-bond acceptors (Lipinski definition) is 4. The minimum atomic E-state index is -1.20. The molecule has 1 amide bonds. The van der Waals surface area contributed by atoms with E-state index < -0.39 is 11.9 Å². The van der Waals surface area contributed by atoms with Gasteiger partial charge in [-0.1, -0.05) is 0 Å². The second-order valence-electron chi connectivity index (χ2n) is 4.52. The van der Waals surface area contributed by atoms with Crippen molar-refractivity contribution < 1.29 is 14.7 Å². The number of aromatic amines is 1. The lowest BCUT2D eigenvalue weighted by atomic mass is 10.2. The fourth-order valence-corrected chi connectivity index (χ4v) is 2.89. The highest BCUT2D eigenvalue weighted by atomic mass is 32.1. The number of thiophene rings is 1. The van der Waals surface area contributed by atoms with Crippen LogP contribution in [0.4, 0.5) is 0 Å². The third kappa shape index (κ3) is 3.24. The maximum atomic E-state index is 12.0. The van der Waals surface area contributed by atoms with Crippen molar-refractivity contribution in [1.29, 1.82) is 0 Å². The number of amides is 1. The standard InChI is InChI=1S/C13H15N3O3S/c1-7(5-9-4-3-8(2)20-9)16-12(17)10-11(13(18)19)15-6-14-10/h3-4,6-7H,5H2,1-2H3,(H,14,15)(H,16,17)(H,18,19). The molecule has 6 nitrogen and oxygen atoms in total. The van der Waals surface area contributed by atoms with Gasteiger partial charge >= 0.3 is 5.97 Å². The molecule has 0 saturated carbocycles. The minimum absolute atomic E-state index is 0.0910. The van der Waals surface area contributed by atoms with E-state index in [1.807, 2.05) is 26.0 Å². The fourth-order valence-electron chi connectivity index (χ4n) is 1.87. The van der Waals surface area contributed by atoms with E-state index in [1.54, 1.807) is 11.3 Å². The summed E-state index contributed by atoms with van der Waals surface area (Å²) in [7, 11) is 0. The smallest absolute Gasteiger partial charge is 0.354 e. The first-order chi connectivity index (χ1) is 9.47. The molecule has 1 unspecified atom stereocenters. The van der Waals surface area contributed by atoms with E-state index in [1.165, 1.54) is 16.1 Å². The van der Waals surface area contributed by atoms with Gasteiger partial charge in [0.1, 0.15) is 0 Å². The molecule has 3 N–H and O–H groups in total. The van der Waals surface area contributed by atoms with Crippen LogP contribution in [-0.2, 0) is 6.42 Å². The van der Waals surface area contributed by atoms with Crippen molar-refractivity contribution in [2.24, 2.45) is 0 Å². The van der Waals surface area contributed by atoms with Gasteiger partial charge in [0.2, 0.25) is 0 Å². The molecule has 2 aromatic heterocycles. The molecule has 0 saturated heterocycles. The molecule has 0 spiro atoms. The second kappa shape index (κ2) is 5.87. The summed E-state index contributed by atoms with van der Waals surface area (Å²) < 4.78 is 0. The SMILES string of the molecule is Cc1ccc(CC(C)NC(=O)c2nc[nH]c2C(=O)O)s1. The average Bonchev–Trinajstić information content (AvgIpc) is 2.97. The van der Waals surface area contributed by atoms with Crippen LogP contribution < -0.4 is 5.32 Å². The number of carbonyl (C=O) groups excluding carboxylic acids is 1. The molecule has 20 heavy (non-hydrogen) atoms. The Morgan fingerprint density at radius 3 is 2.85 bits per heavy atom. The van der Waals surface area contributed by atoms with Gasteiger partial charge < -0.3 is 15.4 Å². The van der Waals surface area contributed by atoms with Crippen LogP contribution in [0.15, 0.2) is 18.5 Å². The van der Waals surface area contributed by atoms with E-state index in [-0.39, 0.29) is 17.4 Å². The largest absolute Gasteiger partial charge is 0.477 e. The molecule has 106 valence electrons. The zero-order valence-electron chi connectivity index (χ0n) is 11.1. The van der Waals surface area contributed by atoms with Gasteiger partial charge in [-0.3, -0.25) is 4.79 Å². The Kier molecular flexibility index (Phi) is 4.19. The Hall–Kier alpha value is -2.15. The molecule has 7 heteroatoms. The van der Waals surface area contributed by atoms with Crippen LogP contribution in [-0.4, -0.2) is 33.0 Å². The minimum Gasteiger partial charge on any atom is -0.477 e. The molecule has 0 radical (unpaired) electrons. The van der Waals surface area contributed by atoms with Crippen molar-refractivity contribution in [2.45, 2.75) is 26.3 Å². The van der Waals surface area contributed by atoms with Crippen molar-refractivity contribution in [3.63, 3.8) is 0 Å². The highest BCUT2D eigenvalue weighted by Gasteiger charge is 2.21. The number of aryl methyl sites for hydroxylation is 1. The first-order valence-electron chi connectivity index (χ1n) is 6.10. The summed E-state index contributed by atoms with van der Waals surface area (Å²) in [5, 5.41) is 11.7. The van der Waals surface area contributed by atoms with Crippen molar-refractivity contribution >= 4 is 23.2 Å². The Balaban J connectivity index is 2.00. The first-order valence-corrected chi connectivity index (χ1v) is 6.92. The van der Waals surface area contributed by atoms with E-state index in [0.717, 1.165) is 0 Å². The number of aromatic nitrogens is 2. The summed E-state index contributed by atoms with van der Waals surface area (Å²) in [6.07, 6.45) is 1.91. The van der Waals surface area contributed by atoms with Crippen LogP contribution in [0.3, 0.4) is 0 Å². The summed E-state index contributed by atoms with van der Waals surface area (Å²) in [5.41, 5.74) is -0.284. The number of carboxylic acid groups (broad SMARTS) is 1. The third-order valence-electron chi connectivity index (χ3n) is 2.75. The van der Waals surface area contributed by atoms with Crippen LogP contribution >= 0.6 is 11.3 Å². The molecule has 0 aliphatic heterocycles. The molecule has 0 aromatic carbocycles. The molecule has 0 aliphatic rings. The van der Waals surface area contributed by atoms with Crippen LogP contribution in [0.2, 0.25) is 0 Å². The topological polar surface area (TPSA) is 95.1 Å². The van der Waals surface area contributed by atoms with Gasteiger partial charge in [-0.15, -0.1) is 11.3 Å². The van der Waals surface area contributed by atoms with Gasteiger partial charge in [0, 0.05) is 22.2 Å². The number of hydrogen-bond donors (Lipinski definition) is 3. The summed E-state index contributed by atoms with van der Waals surface area (Å²) >= 11 is 1.68. The predicted octanol–water partition coefficient (Wildman–Crippen LogP) is 1.84. The maximum Gasteiger partial charge on any atom is 0.354 e. The van der Waals surface area contributed by atoms with E-state index >= 15 is 0 Å². The highest BCUT2D eigenvalue weighted by Crippen LogP contribution is 2.16. The normalized spacial score (nSPS) is 12.1. The molecule has 1 atom stereocenters. The Bertz CT molecular complexity index is 632. The number of rotatable bonds is 5. The number of imidazole rings is 1. The number of carbonyl (C=O) groups is 2.